The van der Waals surface area contributed by atoms with Crippen LogP contribution in [-0.2, 0) is 14.8 Å². The summed E-state index contributed by atoms with van der Waals surface area (Å²) in [7, 11) is -3.82. The zero-order valence-electron chi connectivity index (χ0n) is 19.6. The predicted octanol–water partition coefficient (Wildman–Crippen LogP) is 4.10. The van der Waals surface area contributed by atoms with Gasteiger partial charge in [-0.3, -0.25) is 9.59 Å². The van der Waals surface area contributed by atoms with Gasteiger partial charge in [0.2, 0.25) is 10.0 Å². The molecule has 1 saturated heterocycles. The Morgan fingerprint density at radius 1 is 0.917 bits per heavy atom. The average molecular weight is 528 g/mol. The summed E-state index contributed by atoms with van der Waals surface area (Å²) in [4.78, 5) is 26.1. The summed E-state index contributed by atoms with van der Waals surface area (Å²) in [6, 6.07) is 19.8. The Bertz CT molecular complexity index is 1360. The molecule has 10 heteroatoms. The van der Waals surface area contributed by atoms with E-state index in [4.69, 9.17) is 16.3 Å². The van der Waals surface area contributed by atoms with Gasteiger partial charge in [0.25, 0.3) is 11.8 Å². The summed E-state index contributed by atoms with van der Waals surface area (Å²) in [5.74, 6) is -0.993. The molecule has 0 bridgehead atoms. The fraction of sp³-hybridized carbons (Fsp3) is 0.231. The summed E-state index contributed by atoms with van der Waals surface area (Å²) in [5.41, 5.74) is 1.47. The zero-order valence-corrected chi connectivity index (χ0v) is 21.2. The van der Waals surface area contributed by atoms with Crippen molar-refractivity contribution < 1.29 is 22.7 Å². The van der Waals surface area contributed by atoms with Crippen molar-refractivity contribution in [2.75, 3.05) is 31.6 Å². The topological polar surface area (TPSA) is 105 Å². The number of ether oxygens (including phenoxy) is 1. The van der Waals surface area contributed by atoms with Crippen LogP contribution in [0.15, 0.2) is 77.7 Å². The summed E-state index contributed by atoms with van der Waals surface area (Å²) in [6.45, 7) is 2.95. The molecule has 0 aromatic heterocycles. The van der Waals surface area contributed by atoms with Gasteiger partial charge < -0.3 is 15.4 Å². The number of carbonyl (C=O) groups is 2. The Morgan fingerprint density at radius 2 is 1.58 bits per heavy atom. The molecule has 3 aromatic rings. The Kier molecular flexibility index (Phi) is 8.05. The van der Waals surface area contributed by atoms with E-state index in [9.17, 15) is 18.0 Å². The summed E-state index contributed by atoms with van der Waals surface area (Å²) < 4.78 is 32.6. The van der Waals surface area contributed by atoms with Crippen LogP contribution >= 0.6 is 11.6 Å². The van der Waals surface area contributed by atoms with Crippen LogP contribution < -0.4 is 10.6 Å². The highest BCUT2D eigenvalue weighted by Gasteiger charge is 2.28. The predicted molar refractivity (Wildman–Crippen MR) is 138 cm³/mol. The van der Waals surface area contributed by atoms with E-state index in [0.717, 1.165) is 5.56 Å². The van der Waals surface area contributed by atoms with E-state index in [-0.39, 0.29) is 51.8 Å². The van der Waals surface area contributed by atoms with Gasteiger partial charge in [0.1, 0.15) is 0 Å². The molecule has 2 N–H and O–H groups in total. The van der Waals surface area contributed by atoms with Crippen LogP contribution in [0.3, 0.4) is 0 Å². The van der Waals surface area contributed by atoms with E-state index in [1.165, 1.54) is 22.5 Å². The molecule has 1 aliphatic rings. The fourth-order valence-electron chi connectivity index (χ4n) is 3.85. The summed E-state index contributed by atoms with van der Waals surface area (Å²) in [6.07, 6.45) is 0. The number of nitrogens with zero attached hydrogens (tertiary/aromatic N) is 1. The molecule has 1 aliphatic heterocycles. The molecule has 0 radical (unpaired) electrons. The molecule has 36 heavy (non-hydrogen) atoms. The first-order chi connectivity index (χ1) is 17.3. The largest absolute Gasteiger partial charge is 0.379 e. The van der Waals surface area contributed by atoms with Crippen LogP contribution in [-0.4, -0.2) is 50.8 Å². The zero-order chi connectivity index (χ0) is 25.7. The van der Waals surface area contributed by atoms with Crippen molar-refractivity contribution >= 4 is 39.1 Å². The first kappa shape index (κ1) is 25.8. The number of hydrogen-bond donors (Lipinski definition) is 2. The third-order valence-electron chi connectivity index (χ3n) is 5.86. The minimum Gasteiger partial charge on any atom is -0.379 e. The van der Waals surface area contributed by atoms with Gasteiger partial charge in [-0.1, -0.05) is 54.1 Å². The van der Waals surface area contributed by atoms with Crippen LogP contribution in [0.4, 0.5) is 5.69 Å². The van der Waals surface area contributed by atoms with Crippen molar-refractivity contribution in [3.05, 3.63) is 94.5 Å². The van der Waals surface area contributed by atoms with Gasteiger partial charge >= 0.3 is 0 Å². The quantitative estimate of drug-likeness (QED) is 0.481. The monoisotopic (exact) mass is 527 g/mol. The Labute approximate surface area is 215 Å². The molecule has 0 spiro atoms. The number of carbonyl (C=O) groups excluding carboxylic acids is 2. The number of para-hydroxylation sites is 1. The molecule has 1 heterocycles. The Hall–Kier alpha value is -3.24. The van der Waals surface area contributed by atoms with Crippen LogP contribution in [0.25, 0.3) is 0 Å². The lowest BCUT2D eigenvalue weighted by Gasteiger charge is -2.26. The van der Waals surface area contributed by atoms with Crippen molar-refractivity contribution in [1.82, 2.24) is 9.62 Å². The summed E-state index contributed by atoms with van der Waals surface area (Å²) in [5, 5.41) is 5.73. The minimum atomic E-state index is -3.82. The first-order valence-corrected chi connectivity index (χ1v) is 13.2. The minimum absolute atomic E-state index is 0.0149. The third kappa shape index (κ3) is 5.76. The van der Waals surface area contributed by atoms with Crippen molar-refractivity contribution in [2.24, 2.45) is 0 Å². The van der Waals surface area contributed by atoms with Gasteiger partial charge in [0, 0.05) is 13.1 Å². The second kappa shape index (κ2) is 11.2. The van der Waals surface area contributed by atoms with E-state index in [0.29, 0.717) is 13.2 Å². The van der Waals surface area contributed by atoms with Crippen molar-refractivity contribution in [1.29, 1.82) is 0 Å². The van der Waals surface area contributed by atoms with Gasteiger partial charge in [-0.15, -0.1) is 0 Å². The number of benzene rings is 3. The van der Waals surface area contributed by atoms with Gasteiger partial charge in [0.15, 0.2) is 0 Å². The third-order valence-corrected chi connectivity index (χ3v) is 8.08. The fourth-order valence-corrected chi connectivity index (χ4v) is 5.49. The van der Waals surface area contributed by atoms with E-state index in [2.05, 4.69) is 10.6 Å². The smallest absolute Gasteiger partial charge is 0.257 e. The number of amides is 2. The average Bonchev–Trinajstić information content (AvgIpc) is 2.90. The van der Waals surface area contributed by atoms with E-state index < -0.39 is 15.9 Å². The van der Waals surface area contributed by atoms with E-state index in [1.807, 2.05) is 37.3 Å². The molecule has 2 amide bonds. The standard InChI is InChI=1S/C26H26ClN3O5S/c1-18(19-7-3-2-4-8-19)28-25(31)21-9-5-6-10-24(21)29-26(32)22-17-20(11-12-23(22)27)36(33,34)30-13-15-35-16-14-30/h2-12,17-18H,13-16H2,1H3,(H,28,31)(H,29,32)/t18-/m0/s1. The molecule has 1 fully saturated rings. The number of sulfonamides is 1. The van der Waals surface area contributed by atoms with Crippen LogP contribution in [0.2, 0.25) is 5.02 Å². The normalized spacial score (nSPS) is 15.2. The van der Waals surface area contributed by atoms with Crippen LogP contribution in [0.5, 0.6) is 0 Å². The van der Waals surface area contributed by atoms with Gasteiger partial charge in [-0.25, -0.2) is 8.42 Å². The van der Waals surface area contributed by atoms with Crippen molar-refractivity contribution in [2.45, 2.75) is 17.9 Å². The number of morpholine rings is 1. The molecular formula is C26H26ClN3O5S. The maximum atomic E-state index is 13.2. The molecule has 8 nitrogen and oxygen atoms in total. The SMILES string of the molecule is C[C@H](NC(=O)c1ccccc1NC(=O)c1cc(S(=O)(=O)N2CCOCC2)ccc1Cl)c1ccccc1. The second-order valence-electron chi connectivity index (χ2n) is 8.26. The highest BCUT2D eigenvalue weighted by molar-refractivity contribution is 7.89. The van der Waals surface area contributed by atoms with Crippen molar-refractivity contribution in [3.63, 3.8) is 0 Å². The number of hydrogen-bond acceptors (Lipinski definition) is 5. The first-order valence-electron chi connectivity index (χ1n) is 11.4. The number of halogens is 1. The number of anilines is 1. The maximum Gasteiger partial charge on any atom is 0.257 e. The molecule has 0 saturated carbocycles. The Balaban J connectivity index is 1.55. The van der Waals surface area contributed by atoms with Crippen molar-refractivity contribution in [3.8, 4) is 0 Å². The molecule has 0 unspecified atom stereocenters. The van der Waals surface area contributed by atoms with E-state index >= 15 is 0 Å². The highest BCUT2D eigenvalue weighted by Crippen LogP contribution is 2.26. The lowest BCUT2D eigenvalue weighted by molar-refractivity contribution is 0.0730. The maximum absolute atomic E-state index is 13.2. The van der Waals surface area contributed by atoms with Gasteiger partial charge in [0.05, 0.1) is 46.0 Å². The number of nitrogens with one attached hydrogen (secondary N) is 2. The van der Waals surface area contributed by atoms with Gasteiger partial charge in [-0.05, 0) is 42.8 Å². The molecule has 0 aliphatic carbocycles. The van der Waals surface area contributed by atoms with Gasteiger partial charge in [-0.2, -0.15) is 4.31 Å². The van der Waals surface area contributed by atoms with E-state index in [1.54, 1.807) is 24.3 Å². The number of rotatable bonds is 7. The molecule has 1 atom stereocenters. The molecule has 4 rings (SSSR count). The van der Waals surface area contributed by atoms with Crippen LogP contribution in [0, 0.1) is 0 Å². The highest BCUT2D eigenvalue weighted by atomic mass is 35.5. The van der Waals surface area contributed by atoms with Crippen LogP contribution in [0.1, 0.15) is 39.2 Å². The summed E-state index contributed by atoms with van der Waals surface area (Å²) >= 11 is 6.26. The lowest BCUT2D eigenvalue weighted by Crippen LogP contribution is -2.40. The Morgan fingerprint density at radius 3 is 2.31 bits per heavy atom. The molecule has 188 valence electrons. The second-order valence-corrected chi connectivity index (χ2v) is 10.6. The molecule has 3 aromatic carbocycles. The molecular weight excluding hydrogens is 502 g/mol. The lowest BCUT2D eigenvalue weighted by atomic mass is 10.1.